The molecule has 1 aliphatic rings. The van der Waals surface area contributed by atoms with Crippen LogP contribution >= 0.6 is 0 Å². The van der Waals surface area contributed by atoms with Gasteiger partial charge >= 0.3 is 6.18 Å². The van der Waals surface area contributed by atoms with Gasteiger partial charge < -0.3 is 10.1 Å². The van der Waals surface area contributed by atoms with E-state index in [0.29, 0.717) is 44.1 Å². The van der Waals surface area contributed by atoms with E-state index in [1.54, 1.807) is 6.08 Å². The van der Waals surface area contributed by atoms with Crippen molar-refractivity contribution in [1.29, 1.82) is 0 Å². The van der Waals surface area contributed by atoms with E-state index in [4.69, 9.17) is 0 Å². The number of allylic oxidation sites excluding steroid dienone is 3. The maximum atomic E-state index is 13.9. The number of halogens is 4. The Kier molecular flexibility index (Phi) is 7.79. The minimum Gasteiger partial charge on any atom is -0.308 e. The van der Waals surface area contributed by atoms with Gasteiger partial charge in [-0.15, -0.1) is 0 Å². The highest BCUT2D eigenvalue weighted by atomic mass is 19.4. The van der Waals surface area contributed by atoms with Crippen LogP contribution in [0.5, 0.6) is 0 Å². The summed E-state index contributed by atoms with van der Waals surface area (Å²) in [6.07, 6.45) is 2.75. The average Bonchev–Trinajstić information content (AvgIpc) is 2.41. The molecule has 126 valence electrons. The SMILES string of the molecule is CC(=O)CCCC[C@H](CNCC(F)(F)F)C1=CCCC=C1F. The van der Waals surface area contributed by atoms with Crippen LogP contribution in [0.2, 0.25) is 0 Å². The first-order chi connectivity index (χ1) is 10.3. The van der Waals surface area contributed by atoms with Crippen LogP contribution in [0.3, 0.4) is 0 Å². The molecular weight excluding hydrogens is 298 g/mol. The summed E-state index contributed by atoms with van der Waals surface area (Å²) < 4.78 is 50.5. The summed E-state index contributed by atoms with van der Waals surface area (Å²) in [5.41, 5.74) is 0.503. The Labute approximate surface area is 128 Å². The first-order valence-corrected chi connectivity index (χ1v) is 7.62. The quantitative estimate of drug-likeness (QED) is 0.501. The molecule has 0 saturated heterocycles. The molecule has 0 aromatic heterocycles. The maximum absolute atomic E-state index is 13.9. The number of hydrogen-bond acceptors (Lipinski definition) is 2. The molecule has 0 bridgehead atoms. The van der Waals surface area contributed by atoms with Crippen molar-refractivity contribution in [2.24, 2.45) is 5.92 Å². The Morgan fingerprint density at radius 3 is 2.55 bits per heavy atom. The van der Waals surface area contributed by atoms with Crippen LogP contribution in [0.4, 0.5) is 17.6 Å². The third kappa shape index (κ3) is 7.73. The topological polar surface area (TPSA) is 29.1 Å². The van der Waals surface area contributed by atoms with Crippen LogP contribution in [0.1, 0.15) is 45.4 Å². The van der Waals surface area contributed by atoms with E-state index in [1.807, 2.05) is 0 Å². The van der Waals surface area contributed by atoms with Gasteiger partial charge in [-0.25, -0.2) is 4.39 Å². The summed E-state index contributed by atoms with van der Waals surface area (Å²) in [6, 6.07) is 0. The second kappa shape index (κ2) is 9.08. The molecule has 6 heteroatoms. The molecule has 0 aliphatic heterocycles. The number of ketones is 1. The molecule has 0 spiro atoms. The molecule has 0 amide bonds. The third-order valence-corrected chi connectivity index (χ3v) is 3.62. The summed E-state index contributed by atoms with van der Waals surface area (Å²) in [4.78, 5) is 10.9. The third-order valence-electron chi connectivity index (χ3n) is 3.62. The predicted octanol–water partition coefficient (Wildman–Crippen LogP) is 4.48. The Bertz CT molecular complexity index is 426. The van der Waals surface area contributed by atoms with Gasteiger partial charge in [0.15, 0.2) is 0 Å². The van der Waals surface area contributed by atoms with E-state index in [-0.39, 0.29) is 24.1 Å². The summed E-state index contributed by atoms with van der Waals surface area (Å²) >= 11 is 0. The van der Waals surface area contributed by atoms with Crippen LogP contribution in [0.15, 0.2) is 23.6 Å². The Morgan fingerprint density at radius 1 is 1.27 bits per heavy atom. The zero-order valence-corrected chi connectivity index (χ0v) is 12.8. The molecule has 0 radical (unpaired) electrons. The van der Waals surface area contributed by atoms with Gasteiger partial charge in [0, 0.05) is 13.0 Å². The van der Waals surface area contributed by atoms with E-state index in [0.717, 1.165) is 0 Å². The molecule has 0 fully saturated rings. The van der Waals surface area contributed by atoms with Crippen molar-refractivity contribution < 1.29 is 22.4 Å². The van der Waals surface area contributed by atoms with E-state index in [2.05, 4.69) is 5.32 Å². The number of Topliss-reactive ketones (excluding diaryl/α,β-unsaturated/α-hetero) is 1. The molecule has 0 unspecified atom stereocenters. The van der Waals surface area contributed by atoms with E-state index < -0.39 is 12.7 Å². The highest BCUT2D eigenvalue weighted by Gasteiger charge is 2.27. The fraction of sp³-hybridized carbons (Fsp3) is 0.688. The zero-order valence-electron chi connectivity index (χ0n) is 12.8. The first-order valence-electron chi connectivity index (χ1n) is 7.62. The van der Waals surface area contributed by atoms with Gasteiger partial charge in [-0.3, -0.25) is 0 Å². The predicted molar refractivity (Wildman–Crippen MR) is 78.1 cm³/mol. The molecule has 0 saturated carbocycles. The van der Waals surface area contributed by atoms with Crippen LogP contribution in [-0.2, 0) is 4.79 Å². The lowest BCUT2D eigenvalue weighted by Crippen LogP contribution is -2.33. The van der Waals surface area contributed by atoms with Gasteiger partial charge in [0.25, 0.3) is 0 Å². The van der Waals surface area contributed by atoms with Crippen molar-refractivity contribution in [1.82, 2.24) is 5.32 Å². The number of alkyl halides is 3. The molecule has 2 nitrogen and oxygen atoms in total. The summed E-state index contributed by atoms with van der Waals surface area (Å²) in [5, 5.41) is 2.37. The molecule has 0 aromatic rings. The molecule has 1 aliphatic carbocycles. The van der Waals surface area contributed by atoms with Gasteiger partial charge in [0.2, 0.25) is 0 Å². The fourth-order valence-electron chi connectivity index (χ4n) is 2.55. The largest absolute Gasteiger partial charge is 0.401 e. The van der Waals surface area contributed by atoms with Gasteiger partial charge in [0.05, 0.1) is 6.54 Å². The number of carbonyl (C=O) groups is 1. The Morgan fingerprint density at radius 2 is 1.95 bits per heavy atom. The monoisotopic (exact) mass is 321 g/mol. The molecule has 1 N–H and O–H groups in total. The first kappa shape index (κ1) is 18.9. The maximum Gasteiger partial charge on any atom is 0.401 e. The number of nitrogens with one attached hydrogen (secondary N) is 1. The summed E-state index contributed by atoms with van der Waals surface area (Å²) in [7, 11) is 0. The number of carbonyl (C=O) groups excluding carboxylic acids is 1. The van der Waals surface area contributed by atoms with Crippen molar-refractivity contribution in [2.45, 2.75) is 51.6 Å². The number of rotatable bonds is 9. The highest BCUT2D eigenvalue weighted by Crippen LogP contribution is 2.30. The van der Waals surface area contributed by atoms with E-state index in [1.165, 1.54) is 13.0 Å². The molecule has 0 heterocycles. The van der Waals surface area contributed by atoms with E-state index >= 15 is 0 Å². The average molecular weight is 321 g/mol. The smallest absolute Gasteiger partial charge is 0.308 e. The van der Waals surface area contributed by atoms with Gasteiger partial charge in [0.1, 0.15) is 11.6 Å². The lowest BCUT2D eigenvalue weighted by atomic mass is 9.88. The van der Waals surface area contributed by atoms with Crippen molar-refractivity contribution >= 4 is 5.78 Å². The second-order valence-electron chi connectivity index (χ2n) is 5.68. The van der Waals surface area contributed by atoms with Crippen molar-refractivity contribution in [3.63, 3.8) is 0 Å². The van der Waals surface area contributed by atoms with Crippen LogP contribution in [0, 0.1) is 5.92 Å². The van der Waals surface area contributed by atoms with Gasteiger partial charge in [-0.05, 0) is 50.2 Å². The normalized spacial score (nSPS) is 17.0. The Balaban J connectivity index is 2.54. The van der Waals surface area contributed by atoms with Crippen LogP contribution < -0.4 is 5.32 Å². The zero-order chi connectivity index (χ0) is 16.6. The molecule has 0 aromatic carbocycles. The van der Waals surface area contributed by atoms with E-state index in [9.17, 15) is 22.4 Å². The molecular formula is C16H23F4NO. The lowest BCUT2D eigenvalue weighted by molar-refractivity contribution is -0.125. The van der Waals surface area contributed by atoms with Crippen molar-refractivity contribution in [3.8, 4) is 0 Å². The van der Waals surface area contributed by atoms with Gasteiger partial charge in [-0.1, -0.05) is 12.5 Å². The van der Waals surface area contributed by atoms with Crippen LogP contribution in [-0.4, -0.2) is 25.0 Å². The van der Waals surface area contributed by atoms with Gasteiger partial charge in [-0.2, -0.15) is 13.2 Å². The standard InChI is InChI=1S/C16H23F4NO/c1-12(22)6-2-3-7-13(10-21-11-16(18,19)20)14-8-4-5-9-15(14)17/h8-9,13,21H,2-7,10-11H2,1H3/t13-/m1/s1. The number of unbranched alkanes of at least 4 members (excludes halogenated alkanes) is 1. The summed E-state index contributed by atoms with van der Waals surface area (Å²) in [5.74, 6) is -0.516. The second-order valence-corrected chi connectivity index (χ2v) is 5.68. The van der Waals surface area contributed by atoms with Crippen molar-refractivity contribution in [3.05, 3.63) is 23.6 Å². The minimum absolute atomic E-state index is 0.0900. The van der Waals surface area contributed by atoms with Crippen LogP contribution in [0.25, 0.3) is 0 Å². The highest BCUT2D eigenvalue weighted by molar-refractivity contribution is 5.75. The van der Waals surface area contributed by atoms with Crippen molar-refractivity contribution in [2.75, 3.05) is 13.1 Å². The Hall–Kier alpha value is -1.17. The molecule has 22 heavy (non-hydrogen) atoms. The number of hydrogen-bond donors (Lipinski definition) is 1. The summed E-state index contributed by atoms with van der Waals surface area (Å²) in [6.45, 7) is 0.524. The fourth-order valence-corrected chi connectivity index (χ4v) is 2.55. The lowest BCUT2D eigenvalue weighted by Gasteiger charge is -2.22. The molecule has 1 rings (SSSR count). The molecule has 1 atom stereocenters. The minimum atomic E-state index is -4.27.